The average molecular weight is 253 g/mol. The molecule has 1 aromatic carbocycles. The van der Waals surface area contributed by atoms with Crippen LogP contribution in [0.3, 0.4) is 0 Å². The van der Waals surface area contributed by atoms with Gasteiger partial charge in [-0.2, -0.15) is 0 Å². The maximum atomic E-state index is 13.6. The fourth-order valence-corrected chi connectivity index (χ4v) is 2.56. The molecule has 2 rings (SSSR count). The smallest absolute Gasteiger partial charge is 0.257 e. The molecule has 0 aromatic heterocycles. The lowest BCUT2D eigenvalue weighted by molar-refractivity contribution is 0.0728. The van der Waals surface area contributed by atoms with Gasteiger partial charge in [0.1, 0.15) is 5.82 Å². The van der Waals surface area contributed by atoms with Crippen molar-refractivity contribution in [2.75, 3.05) is 6.54 Å². The number of carbonyl (C=O) groups is 1. The van der Waals surface area contributed by atoms with E-state index in [1.807, 2.05) is 0 Å². The summed E-state index contributed by atoms with van der Waals surface area (Å²) in [5, 5.41) is 0. The summed E-state index contributed by atoms with van der Waals surface area (Å²) in [6.07, 6.45) is 2.95. The first kappa shape index (κ1) is 12.4. The highest BCUT2D eigenvalue weighted by atomic mass is 32.1. The van der Waals surface area contributed by atoms with E-state index >= 15 is 0 Å². The Kier molecular flexibility index (Phi) is 3.72. The number of benzene rings is 1. The monoisotopic (exact) mass is 253 g/mol. The van der Waals surface area contributed by atoms with E-state index in [1.54, 1.807) is 11.0 Å². The van der Waals surface area contributed by atoms with E-state index < -0.39 is 5.82 Å². The topological polar surface area (TPSA) is 20.3 Å². The molecular weight excluding hydrogens is 237 g/mol. The van der Waals surface area contributed by atoms with Crippen molar-refractivity contribution in [2.24, 2.45) is 0 Å². The molecule has 0 radical (unpaired) electrons. The van der Waals surface area contributed by atoms with Crippen LogP contribution in [-0.4, -0.2) is 23.4 Å². The van der Waals surface area contributed by atoms with Gasteiger partial charge >= 0.3 is 0 Å². The summed E-state index contributed by atoms with van der Waals surface area (Å²) in [7, 11) is 0. The summed E-state index contributed by atoms with van der Waals surface area (Å²) < 4.78 is 13.6. The molecule has 0 saturated carbocycles. The van der Waals surface area contributed by atoms with Gasteiger partial charge in [-0.3, -0.25) is 4.79 Å². The quantitative estimate of drug-likeness (QED) is 0.803. The van der Waals surface area contributed by atoms with Gasteiger partial charge in [0.25, 0.3) is 5.91 Å². The lowest BCUT2D eigenvalue weighted by Gasteiger charge is -2.23. The molecule has 4 heteroatoms. The number of rotatable bonds is 2. The van der Waals surface area contributed by atoms with Crippen molar-refractivity contribution in [1.82, 2.24) is 4.90 Å². The van der Waals surface area contributed by atoms with E-state index in [9.17, 15) is 9.18 Å². The molecule has 1 saturated heterocycles. The number of carbonyl (C=O) groups excluding carboxylic acids is 1. The van der Waals surface area contributed by atoms with E-state index in [-0.39, 0.29) is 17.5 Å². The summed E-state index contributed by atoms with van der Waals surface area (Å²) in [6, 6.07) is 4.61. The molecule has 1 aliphatic rings. The summed E-state index contributed by atoms with van der Waals surface area (Å²) in [6.45, 7) is 2.79. The van der Waals surface area contributed by atoms with Gasteiger partial charge in [0.15, 0.2) is 0 Å². The predicted octanol–water partition coefficient (Wildman–Crippen LogP) is 3.13. The molecule has 1 heterocycles. The zero-order chi connectivity index (χ0) is 12.4. The minimum atomic E-state index is -0.463. The first-order chi connectivity index (χ1) is 8.13. The van der Waals surface area contributed by atoms with Crippen LogP contribution < -0.4 is 0 Å². The molecule has 0 spiro atoms. The van der Waals surface area contributed by atoms with E-state index in [1.165, 1.54) is 12.1 Å². The second kappa shape index (κ2) is 5.08. The van der Waals surface area contributed by atoms with Gasteiger partial charge in [0.2, 0.25) is 0 Å². The number of likely N-dealkylation sites (tertiary alicyclic amines) is 1. The molecule has 1 atom stereocenters. The minimum Gasteiger partial charge on any atom is -0.336 e. The molecule has 2 nitrogen and oxygen atoms in total. The van der Waals surface area contributed by atoms with Crippen LogP contribution in [0.4, 0.5) is 4.39 Å². The van der Waals surface area contributed by atoms with Crippen molar-refractivity contribution in [3.63, 3.8) is 0 Å². The highest BCUT2D eigenvalue weighted by molar-refractivity contribution is 7.80. The largest absolute Gasteiger partial charge is 0.336 e. The van der Waals surface area contributed by atoms with Crippen LogP contribution in [0.1, 0.15) is 36.5 Å². The highest BCUT2D eigenvalue weighted by Gasteiger charge is 2.29. The van der Waals surface area contributed by atoms with Crippen LogP contribution in [0.5, 0.6) is 0 Å². The Balaban J connectivity index is 2.27. The Labute approximate surface area is 106 Å². The van der Waals surface area contributed by atoms with E-state index in [4.69, 9.17) is 0 Å². The predicted molar refractivity (Wildman–Crippen MR) is 68.0 cm³/mol. The Morgan fingerprint density at radius 3 is 3.06 bits per heavy atom. The van der Waals surface area contributed by atoms with Gasteiger partial charge in [-0.1, -0.05) is 6.92 Å². The number of nitrogens with zero attached hydrogens (tertiary/aromatic N) is 1. The molecule has 0 bridgehead atoms. The van der Waals surface area contributed by atoms with Crippen molar-refractivity contribution in [3.8, 4) is 0 Å². The standard InChI is InChI=1S/C13H16FNOS/c1-2-9-4-3-7-15(9)13(16)11-8-10(17)5-6-12(11)14/h5-6,8-9,17H,2-4,7H2,1H3. The molecule has 0 N–H and O–H groups in total. The molecule has 1 aromatic rings. The second-order valence-corrected chi connectivity index (χ2v) is 4.88. The first-order valence-electron chi connectivity index (χ1n) is 5.93. The van der Waals surface area contributed by atoms with Crippen molar-refractivity contribution in [3.05, 3.63) is 29.6 Å². The Bertz CT molecular complexity index is 435. The van der Waals surface area contributed by atoms with Gasteiger partial charge in [0, 0.05) is 17.5 Å². The Hall–Kier alpha value is -1.03. The van der Waals surface area contributed by atoms with E-state index in [2.05, 4.69) is 19.6 Å². The van der Waals surface area contributed by atoms with Crippen LogP contribution in [0, 0.1) is 5.82 Å². The van der Waals surface area contributed by atoms with Gasteiger partial charge < -0.3 is 4.90 Å². The molecule has 1 aliphatic heterocycles. The molecule has 1 unspecified atom stereocenters. The zero-order valence-corrected chi connectivity index (χ0v) is 10.7. The van der Waals surface area contributed by atoms with Crippen molar-refractivity contribution < 1.29 is 9.18 Å². The van der Waals surface area contributed by atoms with Crippen LogP contribution in [0.15, 0.2) is 23.1 Å². The van der Waals surface area contributed by atoms with Crippen LogP contribution in [-0.2, 0) is 0 Å². The third-order valence-corrected chi connectivity index (χ3v) is 3.57. The van der Waals surface area contributed by atoms with Gasteiger partial charge in [-0.25, -0.2) is 4.39 Å². The minimum absolute atomic E-state index is 0.137. The summed E-state index contributed by atoms with van der Waals surface area (Å²) in [4.78, 5) is 14.6. The van der Waals surface area contributed by atoms with Gasteiger partial charge in [-0.05, 0) is 37.5 Å². The van der Waals surface area contributed by atoms with Crippen molar-refractivity contribution in [1.29, 1.82) is 0 Å². The third kappa shape index (κ3) is 2.46. The lowest BCUT2D eigenvalue weighted by atomic mass is 10.1. The summed E-state index contributed by atoms with van der Waals surface area (Å²) in [5.74, 6) is -0.669. The van der Waals surface area contributed by atoms with Crippen LogP contribution >= 0.6 is 12.6 Å². The summed E-state index contributed by atoms with van der Waals surface area (Å²) in [5.41, 5.74) is 0.137. The molecule has 1 fully saturated rings. The summed E-state index contributed by atoms with van der Waals surface area (Å²) >= 11 is 4.15. The fourth-order valence-electron chi connectivity index (χ4n) is 2.36. The second-order valence-electron chi connectivity index (χ2n) is 4.37. The number of halogens is 1. The van der Waals surface area contributed by atoms with Crippen LogP contribution in [0.2, 0.25) is 0 Å². The number of hydrogen-bond donors (Lipinski definition) is 1. The lowest BCUT2D eigenvalue weighted by Crippen LogP contribution is -2.35. The number of hydrogen-bond acceptors (Lipinski definition) is 2. The highest BCUT2D eigenvalue weighted by Crippen LogP contribution is 2.24. The number of amides is 1. The molecule has 1 amide bonds. The van der Waals surface area contributed by atoms with Gasteiger partial charge in [-0.15, -0.1) is 12.6 Å². The zero-order valence-electron chi connectivity index (χ0n) is 9.82. The van der Waals surface area contributed by atoms with Crippen LogP contribution in [0.25, 0.3) is 0 Å². The maximum absolute atomic E-state index is 13.6. The Morgan fingerprint density at radius 1 is 1.59 bits per heavy atom. The third-order valence-electron chi connectivity index (χ3n) is 3.29. The fraction of sp³-hybridized carbons (Fsp3) is 0.462. The number of thiol groups is 1. The van der Waals surface area contributed by atoms with Gasteiger partial charge in [0.05, 0.1) is 5.56 Å². The van der Waals surface area contributed by atoms with Crippen molar-refractivity contribution >= 4 is 18.5 Å². The molecule has 92 valence electrons. The maximum Gasteiger partial charge on any atom is 0.257 e. The van der Waals surface area contributed by atoms with E-state index in [0.717, 1.165) is 25.8 Å². The SMILES string of the molecule is CCC1CCCN1C(=O)c1cc(S)ccc1F. The van der Waals surface area contributed by atoms with E-state index in [0.29, 0.717) is 4.90 Å². The normalized spacial score (nSPS) is 19.7. The molecular formula is C13H16FNOS. The molecule has 17 heavy (non-hydrogen) atoms. The first-order valence-corrected chi connectivity index (χ1v) is 6.37. The Morgan fingerprint density at radius 2 is 2.35 bits per heavy atom. The average Bonchev–Trinajstić information content (AvgIpc) is 2.79. The van der Waals surface area contributed by atoms with Crippen molar-refractivity contribution in [2.45, 2.75) is 37.1 Å². The molecule has 0 aliphatic carbocycles.